The van der Waals surface area contributed by atoms with E-state index < -0.39 is 0 Å². The summed E-state index contributed by atoms with van der Waals surface area (Å²) in [7, 11) is 1.66. The number of hydrogen-bond acceptors (Lipinski definition) is 5. The molecule has 3 aromatic carbocycles. The molecule has 1 aliphatic rings. The molecule has 1 aliphatic heterocycles. The van der Waals surface area contributed by atoms with Gasteiger partial charge in [-0.25, -0.2) is 4.98 Å². The molecule has 6 nitrogen and oxygen atoms in total. The fraction of sp³-hybridized carbons (Fsp3) is 0.111. The average molecular weight is 435 g/mol. The molecule has 1 atom stereocenters. The van der Waals surface area contributed by atoms with Crippen LogP contribution in [0.4, 0.5) is 0 Å². The third kappa shape index (κ3) is 3.19. The van der Waals surface area contributed by atoms with E-state index in [0.29, 0.717) is 17.9 Å². The van der Waals surface area contributed by atoms with Crippen LogP contribution in [-0.4, -0.2) is 16.7 Å². The average Bonchev–Trinajstić information content (AvgIpc) is 3.38. The fourth-order valence-corrected chi connectivity index (χ4v) is 4.58. The van der Waals surface area contributed by atoms with Gasteiger partial charge in [0.2, 0.25) is 5.88 Å². The van der Waals surface area contributed by atoms with Crippen molar-refractivity contribution in [1.82, 2.24) is 9.55 Å². The van der Waals surface area contributed by atoms with Crippen LogP contribution in [0.1, 0.15) is 28.4 Å². The first-order chi connectivity index (χ1) is 16.2. The number of furan rings is 1. The van der Waals surface area contributed by atoms with Crippen LogP contribution in [0.15, 0.2) is 89.8 Å². The molecule has 0 radical (unpaired) electrons. The highest BCUT2D eigenvalue weighted by molar-refractivity contribution is 5.90. The zero-order valence-electron chi connectivity index (χ0n) is 18.0. The van der Waals surface area contributed by atoms with Crippen LogP contribution >= 0.6 is 0 Å². The molecule has 6 heteroatoms. The highest BCUT2D eigenvalue weighted by atomic mass is 16.5. The van der Waals surface area contributed by atoms with Gasteiger partial charge in [-0.15, -0.1) is 0 Å². The number of rotatable bonds is 4. The molecule has 0 bridgehead atoms. The molecule has 6 rings (SSSR count). The maximum Gasteiger partial charge on any atom is 0.228 e. The van der Waals surface area contributed by atoms with Crippen molar-refractivity contribution in [3.63, 3.8) is 0 Å². The smallest absolute Gasteiger partial charge is 0.228 e. The van der Waals surface area contributed by atoms with E-state index in [1.165, 1.54) is 0 Å². The van der Waals surface area contributed by atoms with E-state index in [9.17, 15) is 0 Å². The molecular weight excluding hydrogens is 414 g/mol. The van der Waals surface area contributed by atoms with Gasteiger partial charge in [0.25, 0.3) is 0 Å². The first-order valence-corrected chi connectivity index (χ1v) is 10.7. The lowest BCUT2D eigenvalue weighted by Crippen LogP contribution is -2.30. The molecular formula is C27H21N3O3. The second-order valence-corrected chi connectivity index (χ2v) is 8.03. The van der Waals surface area contributed by atoms with E-state index in [2.05, 4.69) is 23.2 Å². The molecule has 0 spiro atoms. The minimum atomic E-state index is -0.218. The van der Waals surface area contributed by atoms with E-state index in [1.54, 1.807) is 24.3 Å². The Bertz CT molecular complexity index is 1520. The largest absolute Gasteiger partial charge is 0.497 e. The maximum atomic E-state index is 9.11. The van der Waals surface area contributed by atoms with Gasteiger partial charge in [-0.1, -0.05) is 42.5 Å². The summed E-state index contributed by atoms with van der Waals surface area (Å²) >= 11 is 0. The molecule has 0 saturated carbocycles. The third-order valence-corrected chi connectivity index (χ3v) is 6.16. The molecule has 0 aliphatic carbocycles. The van der Waals surface area contributed by atoms with Gasteiger partial charge in [-0.05, 0) is 46.7 Å². The Balaban J connectivity index is 1.61. The van der Waals surface area contributed by atoms with Crippen molar-refractivity contribution in [3.8, 4) is 17.4 Å². The maximum absolute atomic E-state index is 9.11. The van der Waals surface area contributed by atoms with Crippen LogP contribution in [0.2, 0.25) is 0 Å². The molecule has 0 fully saturated rings. The Kier molecular flexibility index (Phi) is 4.50. The van der Waals surface area contributed by atoms with Crippen molar-refractivity contribution in [2.75, 3.05) is 7.11 Å². The Morgan fingerprint density at radius 3 is 2.61 bits per heavy atom. The number of methoxy groups -OCH3 is 1. The first-order valence-electron chi connectivity index (χ1n) is 10.7. The third-order valence-electron chi connectivity index (χ3n) is 6.16. The molecule has 33 heavy (non-hydrogen) atoms. The Morgan fingerprint density at radius 1 is 0.970 bits per heavy atom. The summed E-state index contributed by atoms with van der Waals surface area (Å²) in [6, 6.07) is 24.1. The van der Waals surface area contributed by atoms with Gasteiger partial charge in [-0.3, -0.25) is 5.41 Å². The van der Waals surface area contributed by atoms with Gasteiger partial charge in [-0.2, -0.15) is 0 Å². The minimum Gasteiger partial charge on any atom is -0.497 e. The topological polar surface area (TPSA) is 73.3 Å². The van der Waals surface area contributed by atoms with Crippen LogP contribution in [0.5, 0.6) is 17.4 Å². The molecule has 0 amide bonds. The standard InChI is InChI=1S/C27H21N3O3/c1-31-19-11-8-18(9-12-19)23-24-21-7-3-2-5-17(21)10-13-22(24)33-27-25(23)26(28)30(16-29-27)15-20-6-4-14-32-20/h2-14,16,23,28H,15H2,1H3/t23-/m0/s1. The molecule has 5 aromatic rings. The second kappa shape index (κ2) is 7.67. The van der Waals surface area contributed by atoms with Crippen LogP contribution in [0.3, 0.4) is 0 Å². The zero-order chi connectivity index (χ0) is 22.4. The normalized spacial score (nSPS) is 14.4. The first kappa shape index (κ1) is 19.4. The van der Waals surface area contributed by atoms with Crippen LogP contribution in [0.25, 0.3) is 10.8 Å². The quantitative estimate of drug-likeness (QED) is 0.400. The van der Waals surface area contributed by atoms with Crippen molar-refractivity contribution in [2.45, 2.75) is 12.5 Å². The van der Waals surface area contributed by atoms with Gasteiger partial charge >= 0.3 is 0 Å². The SMILES string of the molecule is COc1ccc([C@@H]2c3c(ncn(Cc4ccco4)c3=N)Oc3ccc4ccccc4c32)cc1. The lowest BCUT2D eigenvalue weighted by atomic mass is 9.81. The van der Waals surface area contributed by atoms with E-state index in [4.69, 9.17) is 19.3 Å². The van der Waals surface area contributed by atoms with Gasteiger partial charge < -0.3 is 18.5 Å². The summed E-state index contributed by atoms with van der Waals surface area (Å²) < 4.78 is 18.9. The summed E-state index contributed by atoms with van der Waals surface area (Å²) in [6.45, 7) is 0.420. The molecule has 0 unspecified atom stereocenters. The van der Waals surface area contributed by atoms with Crippen LogP contribution < -0.4 is 15.0 Å². The van der Waals surface area contributed by atoms with Gasteiger partial charge in [0, 0.05) is 11.5 Å². The lowest BCUT2D eigenvalue weighted by Gasteiger charge is -2.29. The van der Waals surface area contributed by atoms with E-state index in [0.717, 1.165) is 44.7 Å². The van der Waals surface area contributed by atoms with Crippen molar-refractivity contribution in [3.05, 3.63) is 113 Å². The van der Waals surface area contributed by atoms with Crippen molar-refractivity contribution < 1.29 is 13.9 Å². The molecule has 0 saturated heterocycles. The number of hydrogen-bond donors (Lipinski definition) is 1. The van der Waals surface area contributed by atoms with Gasteiger partial charge in [0.15, 0.2) is 0 Å². The highest BCUT2D eigenvalue weighted by Crippen LogP contribution is 2.48. The van der Waals surface area contributed by atoms with Crippen LogP contribution in [-0.2, 0) is 6.54 Å². The molecule has 1 N–H and O–H groups in total. The molecule has 162 valence electrons. The predicted molar refractivity (Wildman–Crippen MR) is 124 cm³/mol. The van der Waals surface area contributed by atoms with E-state index >= 15 is 0 Å². The second-order valence-electron chi connectivity index (χ2n) is 8.03. The number of ether oxygens (including phenoxy) is 2. The van der Waals surface area contributed by atoms with Crippen molar-refractivity contribution >= 4 is 10.8 Å². The number of nitrogens with zero attached hydrogens (tertiary/aromatic N) is 2. The van der Waals surface area contributed by atoms with Gasteiger partial charge in [0.1, 0.15) is 29.1 Å². The van der Waals surface area contributed by atoms with Crippen LogP contribution in [0, 0.1) is 5.41 Å². The Hall–Kier alpha value is -4.32. The summed E-state index contributed by atoms with van der Waals surface area (Å²) in [5, 5.41) is 11.3. The van der Waals surface area contributed by atoms with E-state index in [-0.39, 0.29) is 5.92 Å². The predicted octanol–water partition coefficient (Wildman–Crippen LogP) is 5.45. The Morgan fingerprint density at radius 2 is 1.82 bits per heavy atom. The zero-order valence-corrected chi connectivity index (χ0v) is 18.0. The number of aromatic nitrogens is 2. The summed E-state index contributed by atoms with van der Waals surface area (Å²) in [6.07, 6.45) is 3.28. The molecule has 2 aromatic heterocycles. The van der Waals surface area contributed by atoms with Crippen molar-refractivity contribution in [1.29, 1.82) is 5.41 Å². The lowest BCUT2D eigenvalue weighted by molar-refractivity contribution is 0.413. The monoisotopic (exact) mass is 435 g/mol. The Labute approximate surface area is 190 Å². The number of fused-ring (bicyclic) bond motifs is 4. The number of nitrogens with one attached hydrogen (secondary N) is 1. The molecule has 3 heterocycles. The van der Waals surface area contributed by atoms with Gasteiger partial charge in [0.05, 0.1) is 25.5 Å². The highest BCUT2D eigenvalue weighted by Gasteiger charge is 2.33. The minimum absolute atomic E-state index is 0.218. The summed E-state index contributed by atoms with van der Waals surface area (Å²) in [4.78, 5) is 4.60. The summed E-state index contributed by atoms with van der Waals surface area (Å²) in [5.74, 6) is 2.55. The summed E-state index contributed by atoms with van der Waals surface area (Å²) in [5.41, 5.74) is 3.16. The van der Waals surface area contributed by atoms with Crippen molar-refractivity contribution in [2.24, 2.45) is 0 Å². The fourth-order valence-electron chi connectivity index (χ4n) is 4.58. The van der Waals surface area contributed by atoms with E-state index in [1.807, 2.05) is 54.6 Å². The number of benzene rings is 3.